The lowest BCUT2D eigenvalue weighted by Crippen LogP contribution is -2.47. The van der Waals surface area contributed by atoms with E-state index in [0.717, 1.165) is 22.3 Å². The molecular formula is C22H26N2O4S. The summed E-state index contributed by atoms with van der Waals surface area (Å²) in [7, 11) is -3.35. The van der Waals surface area contributed by atoms with Gasteiger partial charge in [-0.25, -0.2) is 13.1 Å². The Balaban J connectivity index is 1.72. The van der Waals surface area contributed by atoms with Crippen LogP contribution in [0.1, 0.15) is 24.0 Å². The van der Waals surface area contributed by atoms with E-state index in [0.29, 0.717) is 39.0 Å². The summed E-state index contributed by atoms with van der Waals surface area (Å²) in [6, 6.07) is 15.9. The predicted molar refractivity (Wildman–Crippen MR) is 112 cm³/mol. The number of hydrogen-bond donors (Lipinski definition) is 1. The van der Waals surface area contributed by atoms with Crippen LogP contribution in [0.15, 0.2) is 48.5 Å². The van der Waals surface area contributed by atoms with Crippen LogP contribution in [-0.2, 0) is 32.6 Å². The largest absolute Gasteiger partial charge is 0.376 e. The van der Waals surface area contributed by atoms with Crippen LogP contribution in [0.2, 0.25) is 0 Å². The summed E-state index contributed by atoms with van der Waals surface area (Å²) in [5.74, 6) is 0.0106. The summed E-state index contributed by atoms with van der Waals surface area (Å²) >= 11 is 0. The summed E-state index contributed by atoms with van der Waals surface area (Å²) in [6.07, 6.45) is 2.69. The zero-order chi connectivity index (χ0) is 20.4. The van der Waals surface area contributed by atoms with E-state index in [-0.39, 0.29) is 18.0 Å². The second-order valence-corrected chi connectivity index (χ2v) is 9.58. The molecule has 2 heterocycles. The number of ether oxygens (including phenoxy) is 1. The van der Waals surface area contributed by atoms with Gasteiger partial charge in [-0.1, -0.05) is 48.5 Å². The fourth-order valence-corrected chi connectivity index (χ4v) is 5.17. The first kappa shape index (κ1) is 20.1. The van der Waals surface area contributed by atoms with Crippen molar-refractivity contribution in [2.75, 3.05) is 19.4 Å². The lowest BCUT2D eigenvalue weighted by Gasteiger charge is -2.28. The average Bonchev–Trinajstić information content (AvgIpc) is 3.06. The van der Waals surface area contributed by atoms with Crippen molar-refractivity contribution in [2.45, 2.75) is 38.0 Å². The van der Waals surface area contributed by atoms with Gasteiger partial charge < -0.3 is 9.64 Å². The Bertz CT molecular complexity index is 1010. The van der Waals surface area contributed by atoms with E-state index in [9.17, 15) is 13.2 Å². The third-order valence-electron chi connectivity index (χ3n) is 5.65. The zero-order valence-electron chi connectivity index (χ0n) is 16.5. The Hall–Kier alpha value is -2.22. The van der Waals surface area contributed by atoms with Gasteiger partial charge in [0.05, 0.1) is 31.9 Å². The second-order valence-electron chi connectivity index (χ2n) is 7.80. The summed E-state index contributed by atoms with van der Waals surface area (Å²) in [6.45, 7) is 1.35. The third-order valence-corrected chi connectivity index (χ3v) is 6.38. The van der Waals surface area contributed by atoms with Crippen molar-refractivity contribution >= 4 is 15.9 Å². The van der Waals surface area contributed by atoms with Crippen LogP contribution in [0.4, 0.5) is 0 Å². The maximum Gasteiger partial charge on any atom is 0.225 e. The standard InChI is InChI=1S/C22H26N2O4S/c1-29(26,27)23-20-9-11-24-21(20)14-16-5-4-7-17(13-16)19-8-3-2-6-18(19)15-28-12-10-22(24)25/h2-8,13,20-21,23H,9-12,14-15H2,1H3. The molecule has 7 heteroatoms. The quantitative estimate of drug-likeness (QED) is 0.818. The maximum absolute atomic E-state index is 12.8. The Morgan fingerprint density at radius 1 is 1.14 bits per heavy atom. The highest BCUT2D eigenvalue weighted by Crippen LogP contribution is 2.29. The molecule has 1 fully saturated rings. The molecule has 1 N–H and O–H groups in total. The Labute approximate surface area is 171 Å². The molecule has 0 spiro atoms. The number of hydrogen-bond acceptors (Lipinski definition) is 4. The van der Waals surface area contributed by atoms with Crippen LogP contribution in [0.3, 0.4) is 0 Å². The van der Waals surface area contributed by atoms with Gasteiger partial charge in [-0.15, -0.1) is 0 Å². The van der Waals surface area contributed by atoms with Crippen LogP contribution in [0.5, 0.6) is 0 Å². The summed E-state index contributed by atoms with van der Waals surface area (Å²) < 4.78 is 32.2. The molecule has 4 rings (SSSR count). The van der Waals surface area contributed by atoms with E-state index in [1.807, 2.05) is 35.2 Å². The smallest absolute Gasteiger partial charge is 0.225 e. The Morgan fingerprint density at radius 3 is 2.79 bits per heavy atom. The highest BCUT2D eigenvalue weighted by atomic mass is 32.2. The lowest BCUT2D eigenvalue weighted by atomic mass is 9.95. The molecule has 0 saturated carbocycles. The molecule has 0 radical (unpaired) electrons. The fourth-order valence-electron chi connectivity index (χ4n) is 4.35. The number of nitrogens with zero attached hydrogens (tertiary/aromatic N) is 1. The zero-order valence-corrected chi connectivity index (χ0v) is 17.3. The van der Waals surface area contributed by atoms with E-state index >= 15 is 0 Å². The molecule has 0 aromatic heterocycles. The molecule has 2 aromatic carbocycles. The average molecular weight is 415 g/mol. The summed E-state index contributed by atoms with van der Waals surface area (Å²) in [5, 5.41) is 0. The third kappa shape index (κ3) is 4.69. The molecule has 1 saturated heterocycles. The van der Waals surface area contributed by atoms with Crippen molar-refractivity contribution in [3.05, 3.63) is 59.7 Å². The van der Waals surface area contributed by atoms with Gasteiger partial charge in [0.25, 0.3) is 0 Å². The van der Waals surface area contributed by atoms with Crippen molar-refractivity contribution in [3.63, 3.8) is 0 Å². The molecule has 29 heavy (non-hydrogen) atoms. The van der Waals surface area contributed by atoms with Gasteiger partial charge in [0.2, 0.25) is 15.9 Å². The van der Waals surface area contributed by atoms with Gasteiger partial charge in [0.15, 0.2) is 0 Å². The molecule has 2 unspecified atom stereocenters. The van der Waals surface area contributed by atoms with Crippen LogP contribution in [0, 0.1) is 0 Å². The van der Waals surface area contributed by atoms with E-state index in [1.54, 1.807) is 0 Å². The topological polar surface area (TPSA) is 75.7 Å². The maximum atomic E-state index is 12.8. The molecule has 2 aromatic rings. The molecule has 154 valence electrons. The van der Waals surface area contributed by atoms with Gasteiger partial charge >= 0.3 is 0 Å². The molecule has 2 bridgehead atoms. The first-order valence-electron chi connectivity index (χ1n) is 9.92. The van der Waals surface area contributed by atoms with E-state index in [1.165, 1.54) is 6.26 Å². The number of amides is 1. The van der Waals surface area contributed by atoms with Gasteiger partial charge in [0.1, 0.15) is 0 Å². The van der Waals surface area contributed by atoms with Crippen molar-refractivity contribution in [1.29, 1.82) is 0 Å². The van der Waals surface area contributed by atoms with Gasteiger partial charge in [0, 0.05) is 12.6 Å². The minimum absolute atomic E-state index is 0.0106. The molecule has 2 aliphatic heterocycles. The first-order valence-corrected chi connectivity index (χ1v) is 11.8. The lowest BCUT2D eigenvalue weighted by molar-refractivity contribution is -0.133. The minimum atomic E-state index is -3.35. The normalized spacial score (nSPS) is 22.8. The molecule has 2 aliphatic rings. The van der Waals surface area contributed by atoms with Crippen LogP contribution in [-0.4, -0.2) is 50.7 Å². The van der Waals surface area contributed by atoms with Crippen molar-refractivity contribution in [1.82, 2.24) is 9.62 Å². The van der Waals surface area contributed by atoms with Crippen LogP contribution in [0.25, 0.3) is 11.1 Å². The highest BCUT2D eigenvalue weighted by Gasteiger charge is 2.38. The number of fused-ring (bicyclic) bond motifs is 5. The fraction of sp³-hybridized carbons (Fsp3) is 0.409. The summed E-state index contributed by atoms with van der Waals surface area (Å²) in [5.41, 5.74) is 4.40. The molecule has 2 atom stereocenters. The number of carbonyl (C=O) groups excluding carboxylic acids is 1. The van der Waals surface area contributed by atoms with Crippen molar-refractivity contribution in [2.24, 2.45) is 0 Å². The summed E-state index contributed by atoms with van der Waals surface area (Å²) in [4.78, 5) is 14.7. The van der Waals surface area contributed by atoms with Crippen molar-refractivity contribution in [3.8, 4) is 11.1 Å². The molecule has 0 aliphatic carbocycles. The predicted octanol–water partition coefficient (Wildman–Crippen LogP) is 2.34. The highest BCUT2D eigenvalue weighted by molar-refractivity contribution is 7.88. The molecule has 6 nitrogen and oxygen atoms in total. The van der Waals surface area contributed by atoms with E-state index < -0.39 is 10.0 Å². The first-order chi connectivity index (χ1) is 13.9. The number of rotatable bonds is 2. The Kier molecular flexibility index (Phi) is 5.72. The number of nitrogens with one attached hydrogen (secondary N) is 1. The SMILES string of the molecule is CS(=O)(=O)NC1CCN2C(=O)CCOCc3ccccc3-c3cccc(c3)CC12. The Morgan fingerprint density at radius 2 is 1.97 bits per heavy atom. The van der Waals surface area contributed by atoms with Gasteiger partial charge in [-0.05, 0) is 35.1 Å². The molecule has 1 amide bonds. The van der Waals surface area contributed by atoms with Gasteiger partial charge in [-0.2, -0.15) is 0 Å². The molecular weight excluding hydrogens is 388 g/mol. The van der Waals surface area contributed by atoms with Crippen LogP contribution >= 0.6 is 0 Å². The number of benzene rings is 2. The number of carbonyl (C=O) groups is 1. The van der Waals surface area contributed by atoms with E-state index in [4.69, 9.17) is 4.74 Å². The van der Waals surface area contributed by atoms with Crippen LogP contribution < -0.4 is 4.72 Å². The monoisotopic (exact) mass is 414 g/mol. The minimum Gasteiger partial charge on any atom is -0.376 e. The van der Waals surface area contributed by atoms with E-state index in [2.05, 4.69) is 22.9 Å². The van der Waals surface area contributed by atoms with Gasteiger partial charge in [-0.3, -0.25) is 4.79 Å². The second kappa shape index (κ2) is 8.26. The van der Waals surface area contributed by atoms with Crippen molar-refractivity contribution < 1.29 is 17.9 Å². The number of sulfonamides is 1.